The molecule has 6 heteroatoms. The third-order valence-corrected chi connectivity index (χ3v) is 2.09. The number of aromatic nitrogens is 2. The van der Waals surface area contributed by atoms with E-state index in [0.717, 1.165) is 13.0 Å². The van der Waals surface area contributed by atoms with Gasteiger partial charge in [-0.3, -0.25) is 9.78 Å². The number of ether oxygens (including phenoxy) is 1. The monoisotopic (exact) mass is 252 g/mol. The molecule has 0 bridgehead atoms. The van der Waals surface area contributed by atoms with Crippen molar-refractivity contribution in [1.82, 2.24) is 15.3 Å². The van der Waals surface area contributed by atoms with Crippen LogP contribution in [-0.2, 0) is 4.74 Å². The van der Waals surface area contributed by atoms with Crippen LogP contribution in [-0.4, -0.2) is 35.6 Å². The fourth-order valence-corrected chi connectivity index (χ4v) is 1.28. The van der Waals surface area contributed by atoms with Gasteiger partial charge in [-0.25, -0.2) is 4.98 Å². The van der Waals surface area contributed by atoms with Gasteiger partial charge in [0.2, 0.25) is 0 Å². The summed E-state index contributed by atoms with van der Waals surface area (Å²) in [6.07, 6.45) is 3.56. The van der Waals surface area contributed by atoms with Crippen LogP contribution in [0, 0.1) is 5.92 Å². The lowest BCUT2D eigenvalue weighted by Gasteiger charge is -2.07. The second kappa shape index (κ2) is 7.60. The van der Waals surface area contributed by atoms with Crippen LogP contribution in [0.5, 0.6) is 0 Å². The van der Waals surface area contributed by atoms with Crippen molar-refractivity contribution in [3.8, 4) is 0 Å². The highest BCUT2D eigenvalue weighted by atomic mass is 16.5. The summed E-state index contributed by atoms with van der Waals surface area (Å²) >= 11 is 0. The van der Waals surface area contributed by atoms with E-state index in [9.17, 15) is 4.79 Å². The standard InChI is InChI=1S/C12H20N4O2/c1-9(2)8-18-5-3-4-15-12(17)10-6-14-7-11(13)16-10/h6-7,9H,3-5,8H2,1-2H3,(H2,13,16)(H,15,17). The molecule has 18 heavy (non-hydrogen) atoms. The Morgan fingerprint density at radius 3 is 2.94 bits per heavy atom. The Hall–Kier alpha value is -1.69. The quantitative estimate of drug-likeness (QED) is 0.702. The molecule has 3 N–H and O–H groups in total. The number of hydrogen-bond acceptors (Lipinski definition) is 5. The minimum absolute atomic E-state index is 0.234. The average Bonchev–Trinajstić information content (AvgIpc) is 2.33. The van der Waals surface area contributed by atoms with E-state index in [2.05, 4.69) is 29.1 Å². The van der Waals surface area contributed by atoms with Crippen molar-refractivity contribution in [3.05, 3.63) is 18.1 Å². The van der Waals surface area contributed by atoms with E-state index in [0.29, 0.717) is 19.1 Å². The molecule has 0 aromatic carbocycles. The number of carbonyl (C=O) groups is 1. The van der Waals surface area contributed by atoms with Crippen molar-refractivity contribution in [2.24, 2.45) is 5.92 Å². The smallest absolute Gasteiger partial charge is 0.271 e. The summed E-state index contributed by atoms with van der Waals surface area (Å²) in [6, 6.07) is 0. The fraction of sp³-hybridized carbons (Fsp3) is 0.583. The van der Waals surface area contributed by atoms with Gasteiger partial charge in [0.05, 0.1) is 12.4 Å². The molecule has 0 fully saturated rings. The van der Waals surface area contributed by atoms with E-state index >= 15 is 0 Å². The molecule has 1 rings (SSSR count). The van der Waals surface area contributed by atoms with Crippen LogP contribution in [0.1, 0.15) is 30.8 Å². The number of carbonyl (C=O) groups excluding carboxylic acids is 1. The van der Waals surface area contributed by atoms with Crippen LogP contribution in [0.25, 0.3) is 0 Å². The predicted octanol–water partition coefficient (Wildman–Crippen LogP) is 0.851. The lowest BCUT2D eigenvalue weighted by Crippen LogP contribution is -2.26. The average molecular weight is 252 g/mol. The molecule has 0 unspecified atom stereocenters. The van der Waals surface area contributed by atoms with Crippen molar-refractivity contribution in [2.45, 2.75) is 20.3 Å². The highest BCUT2D eigenvalue weighted by Crippen LogP contribution is 1.97. The molecule has 0 spiro atoms. The summed E-state index contributed by atoms with van der Waals surface area (Å²) in [5, 5.41) is 2.74. The van der Waals surface area contributed by atoms with E-state index < -0.39 is 0 Å². The molecule has 0 aliphatic carbocycles. The lowest BCUT2D eigenvalue weighted by atomic mass is 10.2. The molecule has 1 aromatic heterocycles. The van der Waals surface area contributed by atoms with Gasteiger partial charge in [0.15, 0.2) is 0 Å². The highest BCUT2D eigenvalue weighted by Gasteiger charge is 2.06. The van der Waals surface area contributed by atoms with Gasteiger partial charge in [-0.1, -0.05) is 13.8 Å². The SMILES string of the molecule is CC(C)COCCCNC(=O)c1cncc(N)n1. The normalized spacial score (nSPS) is 10.6. The Morgan fingerprint density at radius 1 is 1.50 bits per heavy atom. The van der Waals surface area contributed by atoms with Crippen molar-refractivity contribution in [2.75, 3.05) is 25.5 Å². The zero-order valence-electron chi connectivity index (χ0n) is 10.8. The Kier molecular flexibility index (Phi) is 6.07. The molecule has 6 nitrogen and oxygen atoms in total. The summed E-state index contributed by atoms with van der Waals surface area (Å²) in [6.45, 7) is 6.13. The molecule has 1 aromatic rings. The van der Waals surface area contributed by atoms with Gasteiger partial charge in [0.1, 0.15) is 11.5 Å². The number of nitrogens with one attached hydrogen (secondary N) is 1. The fourth-order valence-electron chi connectivity index (χ4n) is 1.28. The third-order valence-electron chi connectivity index (χ3n) is 2.09. The van der Waals surface area contributed by atoms with Gasteiger partial charge in [0.25, 0.3) is 5.91 Å². The minimum Gasteiger partial charge on any atom is -0.382 e. The van der Waals surface area contributed by atoms with E-state index in [4.69, 9.17) is 10.5 Å². The topological polar surface area (TPSA) is 90.1 Å². The van der Waals surface area contributed by atoms with Gasteiger partial charge in [0, 0.05) is 19.8 Å². The zero-order valence-corrected chi connectivity index (χ0v) is 10.8. The van der Waals surface area contributed by atoms with Gasteiger partial charge >= 0.3 is 0 Å². The van der Waals surface area contributed by atoms with Gasteiger partial charge in [-0.2, -0.15) is 0 Å². The Balaban J connectivity index is 2.18. The maximum Gasteiger partial charge on any atom is 0.271 e. The van der Waals surface area contributed by atoms with Crippen molar-refractivity contribution in [3.63, 3.8) is 0 Å². The summed E-state index contributed by atoms with van der Waals surface area (Å²) in [5.74, 6) is 0.503. The van der Waals surface area contributed by atoms with Crippen LogP contribution in [0.3, 0.4) is 0 Å². The highest BCUT2D eigenvalue weighted by molar-refractivity contribution is 5.92. The van der Waals surface area contributed by atoms with Crippen molar-refractivity contribution >= 4 is 11.7 Å². The maximum atomic E-state index is 11.6. The predicted molar refractivity (Wildman–Crippen MR) is 69.1 cm³/mol. The Labute approximate surface area is 107 Å². The summed E-state index contributed by atoms with van der Waals surface area (Å²) < 4.78 is 5.40. The molecular formula is C12H20N4O2. The molecule has 1 amide bonds. The van der Waals surface area contributed by atoms with Crippen molar-refractivity contribution in [1.29, 1.82) is 0 Å². The summed E-state index contributed by atoms with van der Waals surface area (Å²) in [5.41, 5.74) is 5.68. The summed E-state index contributed by atoms with van der Waals surface area (Å²) in [4.78, 5) is 19.3. The minimum atomic E-state index is -0.265. The number of rotatable bonds is 7. The molecule has 0 radical (unpaired) electrons. The molecule has 0 aliphatic rings. The molecule has 1 heterocycles. The molecule has 100 valence electrons. The lowest BCUT2D eigenvalue weighted by molar-refractivity contribution is 0.0920. The first-order chi connectivity index (χ1) is 8.59. The molecular weight excluding hydrogens is 232 g/mol. The van der Waals surface area contributed by atoms with E-state index in [-0.39, 0.29) is 17.4 Å². The maximum absolute atomic E-state index is 11.6. The van der Waals surface area contributed by atoms with Crippen LogP contribution in [0.4, 0.5) is 5.82 Å². The first kappa shape index (κ1) is 14.4. The van der Waals surface area contributed by atoms with Gasteiger partial charge in [-0.15, -0.1) is 0 Å². The largest absolute Gasteiger partial charge is 0.382 e. The van der Waals surface area contributed by atoms with Crippen LogP contribution in [0.2, 0.25) is 0 Å². The van der Waals surface area contributed by atoms with E-state index in [1.165, 1.54) is 12.4 Å². The number of nitrogens with two attached hydrogens (primary N) is 1. The number of hydrogen-bond donors (Lipinski definition) is 2. The molecule has 0 saturated carbocycles. The van der Waals surface area contributed by atoms with Crippen LogP contribution < -0.4 is 11.1 Å². The van der Waals surface area contributed by atoms with E-state index in [1.807, 2.05) is 0 Å². The third kappa shape index (κ3) is 5.58. The second-order valence-corrected chi connectivity index (χ2v) is 4.41. The number of amides is 1. The first-order valence-corrected chi connectivity index (χ1v) is 6.03. The van der Waals surface area contributed by atoms with Gasteiger partial charge < -0.3 is 15.8 Å². The summed E-state index contributed by atoms with van der Waals surface area (Å²) in [7, 11) is 0. The number of nitrogens with zero attached hydrogens (tertiary/aromatic N) is 2. The van der Waals surface area contributed by atoms with Crippen LogP contribution in [0.15, 0.2) is 12.4 Å². The number of nitrogen functional groups attached to an aromatic ring is 1. The van der Waals surface area contributed by atoms with Gasteiger partial charge in [-0.05, 0) is 12.3 Å². The molecule has 0 aliphatic heterocycles. The van der Waals surface area contributed by atoms with Crippen LogP contribution >= 0.6 is 0 Å². The van der Waals surface area contributed by atoms with E-state index in [1.54, 1.807) is 0 Å². The number of anilines is 1. The first-order valence-electron chi connectivity index (χ1n) is 6.03. The zero-order chi connectivity index (χ0) is 13.4. The second-order valence-electron chi connectivity index (χ2n) is 4.41. The molecule has 0 saturated heterocycles. The Bertz CT molecular complexity index is 382. The Morgan fingerprint density at radius 2 is 2.28 bits per heavy atom. The molecule has 0 atom stereocenters. The van der Waals surface area contributed by atoms with Crippen molar-refractivity contribution < 1.29 is 9.53 Å².